The molecule has 2 aromatic rings. The molecule has 5 heteroatoms. The predicted octanol–water partition coefficient (Wildman–Crippen LogP) is 2.88. The minimum Gasteiger partial charge on any atom is -0.337 e. The van der Waals surface area contributed by atoms with Crippen molar-refractivity contribution in [2.75, 3.05) is 0 Å². The highest BCUT2D eigenvalue weighted by Crippen LogP contribution is 2.40. The average molecular weight is 339 g/mol. The summed E-state index contributed by atoms with van der Waals surface area (Å²) in [5.41, 5.74) is 0.665. The van der Waals surface area contributed by atoms with Gasteiger partial charge in [0.2, 0.25) is 5.91 Å². The van der Waals surface area contributed by atoms with Crippen LogP contribution in [0.1, 0.15) is 44.9 Å². The summed E-state index contributed by atoms with van der Waals surface area (Å²) in [4.78, 5) is 32.2. The maximum absolute atomic E-state index is 12.8. The summed E-state index contributed by atoms with van der Waals surface area (Å²) in [5, 5.41) is 0.617. The molecule has 2 saturated carbocycles. The van der Waals surface area contributed by atoms with Gasteiger partial charge in [0.25, 0.3) is 5.56 Å². The third-order valence-corrected chi connectivity index (χ3v) is 5.57. The predicted molar refractivity (Wildman–Crippen MR) is 97.4 cm³/mol. The van der Waals surface area contributed by atoms with Gasteiger partial charge in [-0.2, -0.15) is 0 Å². The summed E-state index contributed by atoms with van der Waals surface area (Å²) < 4.78 is 1.65. The Morgan fingerprint density at radius 1 is 1.28 bits per heavy atom. The summed E-state index contributed by atoms with van der Waals surface area (Å²) in [6.45, 7) is 4.43. The molecule has 0 unspecified atom stereocenters. The molecule has 0 radical (unpaired) electrons. The van der Waals surface area contributed by atoms with Gasteiger partial charge < -0.3 is 4.90 Å². The van der Waals surface area contributed by atoms with Crippen molar-refractivity contribution < 1.29 is 4.79 Å². The van der Waals surface area contributed by atoms with Gasteiger partial charge in [0, 0.05) is 25.0 Å². The second-order valence-corrected chi connectivity index (χ2v) is 7.49. The number of aromatic nitrogens is 2. The molecule has 1 aromatic heterocycles. The maximum atomic E-state index is 12.8. The fraction of sp³-hybridized carbons (Fsp3) is 0.550. The molecule has 2 aliphatic rings. The molecule has 132 valence electrons. The molecule has 1 amide bonds. The van der Waals surface area contributed by atoms with E-state index in [-0.39, 0.29) is 11.5 Å². The van der Waals surface area contributed by atoms with E-state index >= 15 is 0 Å². The third-order valence-electron chi connectivity index (χ3n) is 5.57. The first-order valence-corrected chi connectivity index (χ1v) is 9.33. The van der Waals surface area contributed by atoms with E-state index in [1.165, 1.54) is 12.8 Å². The number of aryl methyl sites for hydroxylation is 1. The molecule has 0 aliphatic heterocycles. The number of benzene rings is 1. The molecule has 0 bridgehead atoms. The van der Waals surface area contributed by atoms with E-state index < -0.39 is 0 Å². The van der Waals surface area contributed by atoms with Crippen molar-refractivity contribution in [3.8, 4) is 0 Å². The summed E-state index contributed by atoms with van der Waals surface area (Å²) in [6.07, 6.45) is 5.10. The SMILES string of the molecule is Cc1nc2ccccc2c(=O)n1CCC(=O)N(C1CC1)[C@H](C)C1CC1. The van der Waals surface area contributed by atoms with Crippen LogP contribution in [-0.4, -0.2) is 32.4 Å². The van der Waals surface area contributed by atoms with Gasteiger partial charge >= 0.3 is 0 Å². The van der Waals surface area contributed by atoms with E-state index in [9.17, 15) is 9.59 Å². The Balaban J connectivity index is 1.53. The van der Waals surface area contributed by atoms with Crippen molar-refractivity contribution in [2.45, 2.75) is 64.6 Å². The number of rotatable bonds is 6. The van der Waals surface area contributed by atoms with Gasteiger partial charge in [0.15, 0.2) is 0 Å². The van der Waals surface area contributed by atoms with Gasteiger partial charge in [0.1, 0.15) is 5.82 Å². The van der Waals surface area contributed by atoms with Gasteiger partial charge in [-0.3, -0.25) is 14.2 Å². The van der Waals surface area contributed by atoms with Gasteiger partial charge in [-0.1, -0.05) is 12.1 Å². The quantitative estimate of drug-likeness (QED) is 0.813. The van der Waals surface area contributed by atoms with Crippen molar-refractivity contribution in [2.24, 2.45) is 5.92 Å². The number of hydrogen-bond donors (Lipinski definition) is 0. The smallest absolute Gasteiger partial charge is 0.261 e. The lowest BCUT2D eigenvalue weighted by Crippen LogP contribution is -2.42. The topological polar surface area (TPSA) is 55.2 Å². The molecule has 1 heterocycles. The zero-order valence-electron chi connectivity index (χ0n) is 14.9. The van der Waals surface area contributed by atoms with Crippen molar-refractivity contribution in [1.29, 1.82) is 0 Å². The van der Waals surface area contributed by atoms with E-state index in [2.05, 4.69) is 16.8 Å². The van der Waals surface area contributed by atoms with Crippen LogP contribution in [0, 0.1) is 12.8 Å². The van der Waals surface area contributed by atoms with Crippen LogP contribution in [0.3, 0.4) is 0 Å². The summed E-state index contributed by atoms with van der Waals surface area (Å²) >= 11 is 0. The Hall–Kier alpha value is -2.17. The molecular weight excluding hydrogens is 314 g/mol. The number of carbonyl (C=O) groups excluding carboxylic acids is 1. The zero-order chi connectivity index (χ0) is 17.6. The molecule has 0 saturated heterocycles. The van der Waals surface area contributed by atoms with Crippen LogP contribution in [0.2, 0.25) is 0 Å². The van der Waals surface area contributed by atoms with E-state index in [0.29, 0.717) is 42.2 Å². The fourth-order valence-corrected chi connectivity index (χ4v) is 3.80. The molecule has 2 fully saturated rings. The lowest BCUT2D eigenvalue weighted by atomic mass is 10.1. The van der Waals surface area contributed by atoms with E-state index in [1.54, 1.807) is 10.6 Å². The number of hydrogen-bond acceptors (Lipinski definition) is 3. The van der Waals surface area contributed by atoms with E-state index in [4.69, 9.17) is 0 Å². The lowest BCUT2D eigenvalue weighted by Gasteiger charge is -2.30. The highest BCUT2D eigenvalue weighted by molar-refractivity contribution is 5.78. The number of fused-ring (bicyclic) bond motifs is 1. The molecule has 2 aliphatic carbocycles. The van der Waals surface area contributed by atoms with Crippen LogP contribution in [0.25, 0.3) is 10.9 Å². The third kappa shape index (κ3) is 3.20. The highest BCUT2D eigenvalue weighted by atomic mass is 16.2. The van der Waals surface area contributed by atoms with Crippen LogP contribution in [0.5, 0.6) is 0 Å². The van der Waals surface area contributed by atoms with Crippen molar-refractivity contribution in [3.05, 3.63) is 40.4 Å². The zero-order valence-corrected chi connectivity index (χ0v) is 14.9. The van der Waals surface area contributed by atoms with Crippen LogP contribution >= 0.6 is 0 Å². The average Bonchev–Trinajstić information content (AvgIpc) is 3.47. The summed E-state index contributed by atoms with van der Waals surface area (Å²) in [5.74, 6) is 1.53. The molecule has 0 spiro atoms. The van der Waals surface area contributed by atoms with Crippen LogP contribution in [0.4, 0.5) is 0 Å². The second-order valence-electron chi connectivity index (χ2n) is 7.49. The Morgan fingerprint density at radius 3 is 2.68 bits per heavy atom. The standard InChI is InChI=1S/C20H25N3O2/c1-13(15-7-8-15)23(16-9-10-16)19(24)11-12-22-14(2)21-18-6-4-3-5-17(18)20(22)25/h3-6,13,15-16H,7-12H2,1-2H3/t13-/m1/s1. The largest absolute Gasteiger partial charge is 0.337 e. The fourth-order valence-electron chi connectivity index (χ4n) is 3.80. The van der Waals surface area contributed by atoms with Gasteiger partial charge in [-0.25, -0.2) is 4.98 Å². The first-order chi connectivity index (χ1) is 12.1. The molecule has 0 N–H and O–H groups in total. The lowest BCUT2D eigenvalue weighted by molar-refractivity contribution is -0.134. The van der Waals surface area contributed by atoms with Gasteiger partial charge in [-0.05, 0) is 57.6 Å². The molecule has 4 rings (SSSR count). The first kappa shape index (κ1) is 16.3. The normalized spacial score (nSPS) is 18.3. The molecule has 25 heavy (non-hydrogen) atoms. The van der Waals surface area contributed by atoms with E-state index in [1.807, 2.05) is 25.1 Å². The van der Waals surface area contributed by atoms with Crippen LogP contribution < -0.4 is 5.56 Å². The number of nitrogens with zero attached hydrogens (tertiary/aromatic N) is 3. The van der Waals surface area contributed by atoms with Crippen LogP contribution in [-0.2, 0) is 11.3 Å². The number of carbonyl (C=O) groups is 1. The Labute approximate surface area is 147 Å². The minimum absolute atomic E-state index is 0.0517. The monoisotopic (exact) mass is 339 g/mol. The van der Waals surface area contributed by atoms with Crippen molar-refractivity contribution in [1.82, 2.24) is 14.5 Å². The van der Waals surface area contributed by atoms with Gasteiger partial charge in [-0.15, -0.1) is 0 Å². The number of amides is 1. The highest BCUT2D eigenvalue weighted by Gasteiger charge is 2.41. The Bertz CT molecular complexity index is 865. The van der Waals surface area contributed by atoms with Crippen molar-refractivity contribution in [3.63, 3.8) is 0 Å². The summed E-state index contributed by atoms with van der Waals surface area (Å²) in [6, 6.07) is 8.15. The number of para-hydroxylation sites is 1. The molecular formula is C20H25N3O2. The maximum Gasteiger partial charge on any atom is 0.261 e. The molecule has 5 nitrogen and oxygen atoms in total. The van der Waals surface area contributed by atoms with Crippen molar-refractivity contribution >= 4 is 16.8 Å². The summed E-state index contributed by atoms with van der Waals surface area (Å²) in [7, 11) is 0. The van der Waals surface area contributed by atoms with Crippen LogP contribution in [0.15, 0.2) is 29.1 Å². The first-order valence-electron chi connectivity index (χ1n) is 9.33. The van der Waals surface area contributed by atoms with Gasteiger partial charge in [0.05, 0.1) is 10.9 Å². The Kier molecular flexibility index (Phi) is 4.10. The molecule has 1 atom stereocenters. The van der Waals surface area contributed by atoms with E-state index in [0.717, 1.165) is 18.4 Å². The second kappa shape index (κ2) is 6.28. The Morgan fingerprint density at radius 2 is 2.00 bits per heavy atom. The minimum atomic E-state index is -0.0517. The molecule has 1 aromatic carbocycles.